The molecular weight excluding hydrogens is 264 g/mol. The third-order valence-corrected chi connectivity index (χ3v) is 4.02. The van der Waals surface area contributed by atoms with E-state index in [2.05, 4.69) is 25.2 Å². The number of carbonyl (C=O) groups is 1. The van der Waals surface area contributed by atoms with Crippen molar-refractivity contribution in [3.8, 4) is 5.75 Å². The minimum Gasteiger partial charge on any atom is -0.484 e. The Hall–Kier alpha value is -1.55. The normalized spacial score (nSPS) is 14.1. The molecule has 0 aliphatic heterocycles. The van der Waals surface area contributed by atoms with E-state index in [9.17, 15) is 4.79 Å². The van der Waals surface area contributed by atoms with Gasteiger partial charge in [-0.15, -0.1) is 0 Å². The highest BCUT2D eigenvalue weighted by molar-refractivity contribution is 5.78. The minimum atomic E-state index is -0.403. The summed E-state index contributed by atoms with van der Waals surface area (Å²) >= 11 is 0. The van der Waals surface area contributed by atoms with Crippen molar-refractivity contribution in [1.29, 1.82) is 0 Å². The Labute approximate surface area is 128 Å². The van der Waals surface area contributed by atoms with Gasteiger partial charge in [-0.05, 0) is 36.5 Å². The van der Waals surface area contributed by atoms with E-state index in [0.717, 1.165) is 5.75 Å². The molecule has 0 saturated carbocycles. The van der Waals surface area contributed by atoms with E-state index in [-0.39, 0.29) is 18.4 Å². The molecule has 0 radical (unpaired) electrons. The Morgan fingerprint density at radius 3 is 2.52 bits per heavy atom. The Bertz CT molecular complexity index is 472. The Morgan fingerprint density at radius 2 is 2.00 bits per heavy atom. The van der Waals surface area contributed by atoms with Crippen molar-refractivity contribution in [3.63, 3.8) is 0 Å². The second kappa shape index (κ2) is 7.46. The highest BCUT2D eigenvalue weighted by atomic mass is 16.5. The monoisotopic (exact) mass is 292 g/mol. The van der Waals surface area contributed by atoms with Gasteiger partial charge in [-0.3, -0.25) is 4.79 Å². The third-order valence-electron chi connectivity index (χ3n) is 4.02. The fourth-order valence-electron chi connectivity index (χ4n) is 1.90. The fourth-order valence-corrected chi connectivity index (χ4v) is 1.90. The highest BCUT2D eigenvalue weighted by Crippen LogP contribution is 2.20. The first kappa shape index (κ1) is 17.5. The van der Waals surface area contributed by atoms with E-state index in [1.54, 1.807) is 0 Å². The standard InChI is InChI=1S/C17H28N2O2/c1-12(2)14-7-6-8-15(9-14)21-10-16(20)19-17(5,11-18)13(3)4/h6-9,12-13H,10-11,18H2,1-5H3,(H,19,20). The summed E-state index contributed by atoms with van der Waals surface area (Å²) in [6, 6.07) is 7.84. The van der Waals surface area contributed by atoms with Gasteiger partial charge in [-0.1, -0.05) is 39.8 Å². The van der Waals surface area contributed by atoms with E-state index in [0.29, 0.717) is 12.5 Å². The molecule has 118 valence electrons. The van der Waals surface area contributed by atoms with Gasteiger partial charge in [-0.25, -0.2) is 0 Å². The molecule has 0 aromatic heterocycles. The molecule has 21 heavy (non-hydrogen) atoms. The van der Waals surface area contributed by atoms with Gasteiger partial charge in [0.2, 0.25) is 0 Å². The molecule has 0 saturated heterocycles. The van der Waals surface area contributed by atoms with Crippen LogP contribution in [0.15, 0.2) is 24.3 Å². The first-order valence-corrected chi connectivity index (χ1v) is 7.52. The summed E-state index contributed by atoms with van der Waals surface area (Å²) in [5.74, 6) is 1.27. The largest absolute Gasteiger partial charge is 0.484 e. The highest BCUT2D eigenvalue weighted by Gasteiger charge is 2.28. The van der Waals surface area contributed by atoms with E-state index in [4.69, 9.17) is 10.5 Å². The van der Waals surface area contributed by atoms with Crippen LogP contribution in [-0.4, -0.2) is 24.6 Å². The zero-order valence-electron chi connectivity index (χ0n) is 13.8. The maximum atomic E-state index is 12.0. The second-order valence-corrected chi connectivity index (χ2v) is 6.34. The van der Waals surface area contributed by atoms with E-state index >= 15 is 0 Å². The van der Waals surface area contributed by atoms with Crippen LogP contribution in [0.1, 0.15) is 46.1 Å². The number of carbonyl (C=O) groups excluding carboxylic acids is 1. The lowest BCUT2D eigenvalue weighted by molar-refractivity contribution is -0.125. The number of rotatable bonds is 7. The molecule has 4 nitrogen and oxygen atoms in total. The summed E-state index contributed by atoms with van der Waals surface area (Å²) < 4.78 is 5.58. The van der Waals surface area contributed by atoms with Gasteiger partial charge >= 0.3 is 0 Å². The van der Waals surface area contributed by atoms with Crippen molar-refractivity contribution >= 4 is 5.91 Å². The van der Waals surface area contributed by atoms with Crippen LogP contribution in [-0.2, 0) is 4.79 Å². The maximum Gasteiger partial charge on any atom is 0.258 e. The van der Waals surface area contributed by atoms with Crippen LogP contribution in [0.3, 0.4) is 0 Å². The molecule has 3 N–H and O–H groups in total. The van der Waals surface area contributed by atoms with Gasteiger partial charge in [0.25, 0.3) is 5.91 Å². The number of hydrogen-bond acceptors (Lipinski definition) is 3. The molecule has 0 fully saturated rings. The maximum absolute atomic E-state index is 12.0. The lowest BCUT2D eigenvalue weighted by Gasteiger charge is -2.33. The van der Waals surface area contributed by atoms with Crippen molar-refractivity contribution in [2.45, 2.75) is 46.1 Å². The van der Waals surface area contributed by atoms with Gasteiger partial charge < -0.3 is 15.8 Å². The van der Waals surface area contributed by atoms with Crippen LogP contribution in [0, 0.1) is 5.92 Å². The molecule has 1 unspecified atom stereocenters. The first-order valence-electron chi connectivity index (χ1n) is 7.52. The number of benzene rings is 1. The lowest BCUT2D eigenvalue weighted by atomic mass is 9.88. The molecule has 4 heteroatoms. The predicted octanol–water partition coefficient (Wildman–Crippen LogP) is 2.68. The summed E-state index contributed by atoms with van der Waals surface area (Å²) in [6.07, 6.45) is 0. The fraction of sp³-hybridized carbons (Fsp3) is 0.588. The van der Waals surface area contributed by atoms with Crippen molar-refractivity contribution in [1.82, 2.24) is 5.32 Å². The first-order chi connectivity index (χ1) is 9.78. The van der Waals surface area contributed by atoms with Crippen LogP contribution in [0.5, 0.6) is 5.75 Å². The molecule has 0 spiro atoms. The molecule has 0 aliphatic rings. The van der Waals surface area contributed by atoms with E-state index < -0.39 is 5.54 Å². The molecule has 1 rings (SSSR count). The van der Waals surface area contributed by atoms with Crippen molar-refractivity contribution < 1.29 is 9.53 Å². The zero-order chi connectivity index (χ0) is 16.0. The van der Waals surface area contributed by atoms with Gasteiger partial charge in [0, 0.05) is 6.54 Å². The lowest BCUT2D eigenvalue weighted by Crippen LogP contribution is -2.56. The topological polar surface area (TPSA) is 64.3 Å². The van der Waals surface area contributed by atoms with E-state index in [1.807, 2.05) is 39.0 Å². The number of nitrogens with two attached hydrogens (primary N) is 1. The van der Waals surface area contributed by atoms with Gasteiger partial charge in [-0.2, -0.15) is 0 Å². The summed E-state index contributed by atoms with van der Waals surface area (Å²) in [5, 5.41) is 2.96. The van der Waals surface area contributed by atoms with Gasteiger partial charge in [0.15, 0.2) is 6.61 Å². The SMILES string of the molecule is CC(C)c1cccc(OCC(=O)NC(C)(CN)C(C)C)c1. The average molecular weight is 292 g/mol. The van der Waals surface area contributed by atoms with Crippen LogP contribution >= 0.6 is 0 Å². The molecule has 1 atom stereocenters. The van der Waals surface area contributed by atoms with Gasteiger partial charge in [0.1, 0.15) is 5.75 Å². The van der Waals surface area contributed by atoms with Crippen molar-refractivity contribution in [2.75, 3.05) is 13.2 Å². The molecule has 1 aromatic carbocycles. The summed E-state index contributed by atoms with van der Waals surface area (Å²) in [5.41, 5.74) is 6.55. The summed E-state index contributed by atoms with van der Waals surface area (Å²) in [4.78, 5) is 12.0. The molecule has 0 bridgehead atoms. The van der Waals surface area contributed by atoms with Crippen LogP contribution in [0.25, 0.3) is 0 Å². The molecule has 1 amide bonds. The number of hydrogen-bond donors (Lipinski definition) is 2. The number of nitrogens with one attached hydrogen (secondary N) is 1. The number of ether oxygens (including phenoxy) is 1. The quantitative estimate of drug-likeness (QED) is 0.812. The van der Waals surface area contributed by atoms with Gasteiger partial charge in [0.05, 0.1) is 5.54 Å². The number of amides is 1. The Morgan fingerprint density at radius 1 is 1.33 bits per heavy atom. The minimum absolute atomic E-state index is 0.00383. The predicted molar refractivity (Wildman–Crippen MR) is 86.5 cm³/mol. The summed E-state index contributed by atoms with van der Waals surface area (Å²) in [7, 11) is 0. The molecular formula is C17H28N2O2. The molecule has 0 aliphatic carbocycles. The van der Waals surface area contributed by atoms with Crippen LogP contribution < -0.4 is 15.8 Å². The van der Waals surface area contributed by atoms with E-state index in [1.165, 1.54) is 5.56 Å². The third kappa shape index (κ3) is 5.05. The van der Waals surface area contributed by atoms with Crippen molar-refractivity contribution in [2.24, 2.45) is 11.7 Å². The van der Waals surface area contributed by atoms with Crippen molar-refractivity contribution in [3.05, 3.63) is 29.8 Å². The van der Waals surface area contributed by atoms with Crippen LogP contribution in [0.2, 0.25) is 0 Å². The molecule has 0 heterocycles. The van der Waals surface area contributed by atoms with Crippen LogP contribution in [0.4, 0.5) is 0 Å². The summed E-state index contributed by atoms with van der Waals surface area (Å²) in [6.45, 7) is 10.7. The second-order valence-electron chi connectivity index (χ2n) is 6.34. The average Bonchev–Trinajstić information content (AvgIpc) is 2.45. The smallest absolute Gasteiger partial charge is 0.258 e. The zero-order valence-corrected chi connectivity index (χ0v) is 13.8. The molecule has 1 aromatic rings. The Kier molecular flexibility index (Phi) is 6.21. The Balaban J connectivity index is 2.59.